The molecular formula is C15H9BrClN3O. The molecule has 0 aliphatic heterocycles. The summed E-state index contributed by atoms with van der Waals surface area (Å²) in [5.74, 6) is -0.454. The summed E-state index contributed by atoms with van der Waals surface area (Å²) in [6.07, 6.45) is 0. The van der Waals surface area contributed by atoms with Crippen LogP contribution in [0, 0.1) is 11.3 Å². The van der Waals surface area contributed by atoms with Gasteiger partial charge in [-0.2, -0.15) is 10.4 Å². The van der Waals surface area contributed by atoms with E-state index >= 15 is 0 Å². The number of anilines is 1. The average Bonchev–Trinajstić information content (AvgIpc) is 2.50. The van der Waals surface area contributed by atoms with Crippen molar-refractivity contribution in [2.75, 3.05) is 5.43 Å². The number of ketones is 1. The van der Waals surface area contributed by atoms with Crippen LogP contribution >= 0.6 is 27.5 Å². The lowest BCUT2D eigenvalue weighted by Crippen LogP contribution is -2.14. The van der Waals surface area contributed by atoms with Gasteiger partial charge in [0.15, 0.2) is 0 Å². The molecule has 0 amide bonds. The molecule has 0 aromatic heterocycles. The van der Waals surface area contributed by atoms with Crippen LogP contribution in [0.15, 0.2) is 58.1 Å². The van der Waals surface area contributed by atoms with Crippen LogP contribution in [0.2, 0.25) is 5.02 Å². The van der Waals surface area contributed by atoms with Gasteiger partial charge >= 0.3 is 0 Å². The maximum absolute atomic E-state index is 12.2. The zero-order valence-electron chi connectivity index (χ0n) is 10.7. The van der Waals surface area contributed by atoms with E-state index in [1.54, 1.807) is 54.6 Å². The maximum Gasteiger partial charge on any atom is 0.223 e. The molecule has 0 heterocycles. The van der Waals surface area contributed by atoms with Gasteiger partial charge < -0.3 is 0 Å². The molecule has 0 saturated heterocycles. The van der Waals surface area contributed by atoms with Gasteiger partial charge in [-0.3, -0.25) is 10.2 Å². The Morgan fingerprint density at radius 1 is 1.19 bits per heavy atom. The number of nitriles is 1. The van der Waals surface area contributed by atoms with Crippen molar-refractivity contribution in [2.45, 2.75) is 0 Å². The van der Waals surface area contributed by atoms with Gasteiger partial charge in [0.1, 0.15) is 6.07 Å². The third-order valence-electron chi connectivity index (χ3n) is 2.59. The van der Waals surface area contributed by atoms with Crippen molar-refractivity contribution >= 4 is 44.7 Å². The number of rotatable bonds is 4. The first-order chi connectivity index (χ1) is 10.1. The number of benzene rings is 2. The van der Waals surface area contributed by atoms with Gasteiger partial charge in [-0.1, -0.05) is 39.7 Å². The normalized spacial score (nSPS) is 10.8. The van der Waals surface area contributed by atoms with Crippen molar-refractivity contribution in [2.24, 2.45) is 5.10 Å². The van der Waals surface area contributed by atoms with Crippen LogP contribution < -0.4 is 5.43 Å². The molecule has 0 saturated carbocycles. The fraction of sp³-hybridized carbons (Fsp3) is 0. The SMILES string of the molecule is N#C/C(=N\Nc1ccccc1Cl)C(=O)c1ccc(Br)cc1. The monoisotopic (exact) mass is 361 g/mol. The largest absolute Gasteiger partial charge is 0.286 e. The molecule has 1 N–H and O–H groups in total. The van der Waals surface area contributed by atoms with Crippen molar-refractivity contribution in [3.05, 3.63) is 63.6 Å². The third-order valence-corrected chi connectivity index (χ3v) is 3.45. The lowest BCUT2D eigenvalue weighted by molar-refractivity contribution is 0.106. The number of hydrogen-bond donors (Lipinski definition) is 1. The van der Waals surface area contributed by atoms with Crippen molar-refractivity contribution in [3.63, 3.8) is 0 Å². The molecule has 21 heavy (non-hydrogen) atoms. The minimum Gasteiger partial charge on any atom is -0.286 e. The number of carbonyl (C=O) groups is 1. The Bertz CT molecular complexity index is 735. The van der Waals surface area contributed by atoms with Gasteiger partial charge in [-0.25, -0.2) is 0 Å². The van der Waals surface area contributed by atoms with Crippen molar-refractivity contribution in [3.8, 4) is 6.07 Å². The molecule has 2 aromatic carbocycles. The highest BCUT2D eigenvalue weighted by atomic mass is 79.9. The Labute approximate surface area is 135 Å². The molecule has 2 aromatic rings. The van der Waals surface area contributed by atoms with E-state index in [4.69, 9.17) is 16.9 Å². The Hall–Kier alpha value is -2.16. The summed E-state index contributed by atoms with van der Waals surface area (Å²) in [6.45, 7) is 0. The smallest absolute Gasteiger partial charge is 0.223 e. The van der Waals surface area contributed by atoms with E-state index in [0.717, 1.165) is 4.47 Å². The quantitative estimate of drug-likeness (QED) is 0.501. The number of para-hydroxylation sites is 1. The van der Waals surface area contributed by atoms with Crippen LogP contribution in [0.1, 0.15) is 10.4 Å². The zero-order valence-corrected chi connectivity index (χ0v) is 13.0. The highest BCUT2D eigenvalue weighted by Gasteiger charge is 2.14. The molecule has 0 fully saturated rings. The summed E-state index contributed by atoms with van der Waals surface area (Å²) in [4.78, 5) is 12.2. The van der Waals surface area contributed by atoms with Gasteiger partial charge in [0.05, 0.1) is 10.7 Å². The molecule has 0 spiro atoms. The molecule has 104 valence electrons. The number of hydrazone groups is 1. The van der Waals surface area contributed by atoms with E-state index in [2.05, 4.69) is 26.5 Å². The van der Waals surface area contributed by atoms with Crippen LogP contribution in [0.4, 0.5) is 5.69 Å². The Morgan fingerprint density at radius 3 is 2.48 bits per heavy atom. The Morgan fingerprint density at radius 2 is 1.86 bits per heavy atom. The highest BCUT2D eigenvalue weighted by Crippen LogP contribution is 2.20. The number of nitrogens with one attached hydrogen (secondary N) is 1. The summed E-state index contributed by atoms with van der Waals surface area (Å²) in [7, 11) is 0. The summed E-state index contributed by atoms with van der Waals surface area (Å²) in [5, 5.41) is 13.4. The second-order valence-electron chi connectivity index (χ2n) is 4.00. The van der Waals surface area contributed by atoms with Crippen LogP contribution in [-0.4, -0.2) is 11.5 Å². The van der Waals surface area contributed by atoms with Gasteiger partial charge in [-0.05, 0) is 36.4 Å². The molecule has 0 aliphatic rings. The van der Waals surface area contributed by atoms with E-state index < -0.39 is 5.78 Å². The minimum atomic E-state index is -0.454. The van der Waals surface area contributed by atoms with Gasteiger partial charge in [0, 0.05) is 10.0 Å². The number of hydrogen-bond acceptors (Lipinski definition) is 4. The number of halogens is 2. The van der Waals surface area contributed by atoms with Crippen molar-refractivity contribution < 1.29 is 4.79 Å². The minimum absolute atomic E-state index is 0.239. The molecule has 2 rings (SSSR count). The second-order valence-corrected chi connectivity index (χ2v) is 5.32. The van der Waals surface area contributed by atoms with Crippen molar-refractivity contribution in [1.82, 2.24) is 0 Å². The molecule has 0 radical (unpaired) electrons. The zero-order chi connectivity index (χ0) is 15.2. The van der Waals surface area contributed by atoms with E-state index in [1.807, 2.05) is 0 Å². The topological polar surface area (TPSA) is 65.2 Å². The number of nitrogens with zero attached hydrogens (tertiary/aromatic N) is 2. The van der Waals surface area contributed by atoms with Crippen LogP contribution in [0.25, 0.3) is 0 Å². The van der Waals surface area contributed by atoms with E-state index in [-0.39, 0.29) is 5.71 Å². The van der Waals surface area contributed by atoms with E-state index in [9.17, 15) is 4.79 Å². The lowest BCUT2D eigenvalue weighted by atomic mass is 10.1. The maximum atomic E-state index is 12.2. The predicted molar refractivity (Wildman–Crippen MR) is 86.6 cm³/mol. The number of carbonyl (C=O) groups excluding carboxylic acids is 1. The van der Waals surface area contributed by atoms with Gasteiger partial charge in [0.2, 0.25) is 11.5 Å². The van der Waals surface area contributed by atoms with Crippen LogP contribution in [-0.2, 0) is 0 Å². The Kier molecular flexibility index (Phi) is 5.09. The fourth-order valence-electron chi connectivity index (χ4n) is 1.53. The Balaban J connectivity index is 2.21. The lowest BCUT2D eigenvalue weighted by Gasteiger charge is -2.03. The molecule has 0 unspecified atom stereocenters. The standard InChI is InChI=1S/C15H9BrClN3O/c16-11-7-5-10(6-8-11)15(21)14(9-18)20-19-13-4-2-1-3-12(13)17/h1-8,19H/b20-14+. The van der Waals surface area contributed by atoms with Crippen LogP contribution in [0.3, 0.4) is 0 Å². The third kappa shape index (κ3) is 3.91. The van der Waals surface area contributed by atoms with Crippen LogP contribution in [0.5, 0.6) is 0 Å². The molecule has 0 aliphatic carbocycles. The number of Topliss-reactive ketones (excluding diaryl/α,β-unsaturated/α-hetero) is 1. The predicted octanol–water partition coefficient (Wildman–Crippen LogP) is 4.28. The fourth-order valence-corrected chi connectivity index (χ4v) is 1.97. The molecule has 4 nitrogen and oxygen atoms in total. The first kappa shape index (κ1) is 15.2. The molecule has 0 atom stereocenters. The second kappa shape index (κ2) is 7.02. The molecular weight excluding hydrogens is 354 g/mol. The highest BCUT2D eigenvalue weighted by molar-refractivity contribution is 9.10. The molecule has 6 heteroatoms. The summed E-state index contributed by atoms with van der Waals surface area (Å²) >= 11 is 9.24. The van der Waals surface area contributed by atoms with Gasteiger partial charge in [-0.15, -0.1) is 0 Å². The summed E-state index contributed by atoms with van der Waals surface area (Å²) in [5.41, 5.74) is 3.30. The first-order valence-electron chi connectivity index (χ1n) is 5.90. The van der Waals surface area contributed by atoms with Gasteiger partial charge in [0.25, 0.3) is 0 Å². The van der Waals surface area contributed by atoms with Crippen molar-refractivity contribution in [1.29, 1.82) is 5.26 Å². The first-order valence-corrected chi connectivity index (χ1v) is 7.07. The molecule has 0 bridgehead atoms. The average molecular weight is 363 g/mol. The summed E-state index contributed by atoms with van der Waals surface area (Å²) in [6, 6.07) is 15.4. The van der Waals surface area contributed by atoms with E-state index in [1.165, 1.54) is 0 Å². The summed E-state index contributed by atoms with van der Waals surface area (Å²) < 4.78 is 0.851. The van der Waals surface area contributed by atoms with E-state index in [0.29, 0.717) is 16.3 Å².